The molecule has 1 aromatic carbocycles. The van der Waals surface area contributed by atoms with Crippen LogP contribution in [0.25, 0.3) is 0 Å². The normalized spacial score (nSPS) is 29.1. The molecule has 6 heteroatoms. The fourth-order valence-corrected chi connectivity index (χ4v) is 4.04. The zero-order chi connectivity index (χ0) is 18.6. The quantitative estimate of drug-likeness (QED) is 0.810. The second kappa shape index (κ2) is 8.68. The zero-order valence-corrected chi connectivity index (χ0v) is 15.9. The number of carbonyl (C=O) groups excluding carboxylic acids is 2. The maximum atomic E-state index is 12.7. The first-order chi connectivity index (χ1) is 11.9. The largest absolute Gasteiger partial charge is 0.466 e. The van der Waals surface area contributed by atoms with Crippen LogP contribution in [0.3, 0.4) is 0 Å². The molecule has 1 fully saturated rings. The van der Waals surface area contributed by atoms with Crippen molar-refractivity contribution in [3.8, 4) is 0 Å². The topological polar surface area (TPSA) is 64.6 Å². The van der Waals surface area contributed by atoms with Gasteiger partial charge in [0.05, 0.1) is 25.0 Å². The van der Waals surface area contributed by atoms with Crippen molar-refractivity contribution in [3.05, 3.63) is 34.9 Å². The first-order valence-corrected chi connectivity index (χ1v) is 9.13. The molecule has 1 aliphatic rings. The van der Waals surface area contributed by atoms with Crippen molar-refractivity contribution in [3.63, 3.8) is 0 Å². The summed E-state index contributed by atoms with van der Waals surface area (Å²) in [5.41, 5.74) is 0.778. The number of esters is 2. The summed E-state index contributed by atoms with van der Waals surface area (Å²) in [7, 11) is 0. The second-order valence-corrected chi connectivity index (χ2v) is 6.75. The van der Waals surface area contributed by atoms with E-state index in [4.69, 9.17) is 21.1 Å². The number of halogens is 1. The molecule has 5 atom stereocenters. The van der Waals surface area contributed by atoms with Crippen LogP contribution < -0.4 is 5.32 Å². The van der Waals surface area contributed by atoms with Gasteiger partial charge in [0, 0.05) is 23.0 Å². The average Bonchev–Trinajstić information content (AvgIpc) is 2.54. The molecule has 1 heterocycles. The Morgan fingerprint density at radius 3 is 1.92 bits per heavy atom. The fourth-order valence-electron chi connectivity index (χ4n) is 3.78. The van der Waals surface area contributed by atoms with Crippen LogP contribution >= 0.6 is 11.6 Å². The van der Waals surface area contributed by atoms with Gasteiger partial charge < -0.3 is 14.8 Å². The summed E-state index contributed by atoms with van der Waals surface area (Å²) < 4.78 is 10.6. The summed E-state index contributed by atoms with van der Waals surface area (Å²) in [5, 5.41) is 3.87. The van der Waals surface area contributed by atoms with Gasteiger partial charge in [0.1, 0.15) is 0 Å². The minimum Gasteiger partial charge on any atom is -0.466 e. The van der Waals surface area contributed by atoms with E-state index >= 15 is 0 Å². The third-order valence-electron chi connectivity index (χ3n) is 4.76. The lowest BCUT2D eigenvalue weighted by atomic mass is 9.68. The van der Waals surface area contributed by atoms with Gasteiger partial charge in [-0.2, -0.15) is 0 Å². The molecule has 2 rings (SSSR count). The van der Waals surface area contributed by atoms with Crippen molar-refractivity contribution in [2.45, 2.75) is 45.7 Å². The summed E-state index contributed by atoms with van der Waals surface area (Å²) in [6.07, 6.45) is 0. The molecule has 0 aliphatic carbocycles. The van der Waals surface area contributed by atoms with Crippen LogP contribution in [0, 0.1) is 11.8 Å². The number of carbonyl (C=O) groups is 2. The molecular formula is C19H26ClNO4. The maximum absolute atomic E-state index is 12.7. The standard InChI is InChI=1S/C19H26ClNO4/c1-5-24-18(22)15-11(3)21-12(4)16(19(23)25-6-2)17(15)13-9-7-8-10-14(13)20/h7-12,15-17,21H,5-6H2,1-4H3/t11-,12+,15-,16-,17?/m0/s1. The van der Waals surface area contributed by atoms with Crippen LogP contribution in [0.15, 0.2) is 24.3 Å². The SMILES string of the molecule is CCOC(=O)[C@@H]1C(c2ccccc2Cl)[C@@H](C(=O)OCC)[C@@H](C)N[C@H]1C. The van der Waals surface area contributed by atoms with E-state index in [1.165, 1.54) is 0 Å². The average molecular weight is 368 g/mol. The highest BCUT2D eigenvalue weighted by molar-refractivity contribution is 6.31. The van der Waals surface area contributed by atoms with Crippen molar-refractivity contribution in [2.75, 3.05) is 13.2 Å². The van der Waals surface area contributed by atoms with E-state index in [1.54, 1.807) is 19.9 Å². The number of rotatable bonds is 5. The Morgan fingerprint density at radius 2 is 1.48 bits per heavy atom. The maximum Gasteiger partial charge on any atom is 0.311 e. The van der Waals surface area contributed by atoms with Crippen LogP contribution in [0.4, 0.5) is 0 Å². The highest BCUT2D eigenvalue weighted by Crippen LogP contribution is 2.43. The molecule has 1 saturated heterocycles. The Kier molecular flexibility index (Phi) is 6.85. The lowest BCUT2D eigenvalue weighted by Crippen LogP contribution is -2.58. The summed E-state index contributed by atoms with van der Waals surface area (Å²) in [5.74, 6) is -2.10. The van der Waals surface area contributed by atoms with E-state index < -0.39 is 17.8 Å². The number of hydrogen-bond acceptors (Lipinski definition) is 5. The summed E-state index contributed by atoms with van der Waals surface area (Å²) >= 11 is 6.42. The third-order valence-corrected chi connectivity index (χ3v) is 5.10. The van der Waals surface area contributed by atoms with E-state index in [0.717, 1.165) is 5.56 Å². The van der Waals surface area contributed by atoms with Crippen molar-refractivity contribution < 1.29 is 19.1 Å². The van der Waals surface area contributed by atoms with E-state index in [9.17, 15) is 9.59 Å². The van der Waals surface area contributed by atoms with Gasteiger partial charge >= 0.3 is 11.9 Å². The van der Waals surface area contributed by atoms with Gasteiger partial charge in [0.2, 0.25) is 0 Å². The Labute approximate surface area is 154 Å². The Balaban J connectivity index is 2.54. The fraction of sp³-hybridized carbons (Fsp3) is 0.579. The van der Waals surface area contributed by atoms with Crippen molar-refractivity contribution in [2.24, 2.45) is 11.8 Å². The van der Waals surface area contributed by atoms with E-state index in [2.05, 4.69) is 5.32 Å². The number of benzene rings is 1. The van der Waals surface area contributed by atoms with Crippen LogP contribution in [-0.2, 0) is 19.1 Å². The Bertz CT molecular complexity index is 591. The molecular weight excluding hydrogens is 342 g/mol. The lowest BCUT2D eigenvalue weighted by Gasteiger charge is -2.44. The van der Waals surface area contributed by atoms with Crippen molar-refractivity contribution in [1.29, 1.82) is 0 Å². The summed E-state index contributed by atoms with van der Waals surface area (Å²) in [4.78, 5) is 25.4. The number of ether oxygens (including phenoxy) is 2. The lowest BCUT2D eigenvalue weighted by molar-refractivity contribution is -0.158. The van der Waals surface area contributed by atoms with Gasteiger partial charge in [-0.1, -0.05) is 29.8 Å². The van der Waals surface area contributed by atoms with Gasteiger partial charge in [0.25, 0.3) is 0 Å². The summed E-state index contributed by atoms with van der Waals surface area (Å²) in [6.45, 7) is 7.99. The number of nitrogens with one attached hydrogen (secondary N) is 1. The smallest absolute Gasteiger partial charge is 0.311 e. The molecule has 0 saturated carbocycles. The van der Waals surface area contributed by atoms with Crippen molar-refractivity contribution >= 4 is 23.5 Å². The van der Waals surface area contributed by atoms with E-state index in [-0.39, 0.29) is 37.2 Å². The minimum absolute atomic E-state index is 0.152. The highest BCUT2D eigenvalue weighted by atomic mass is 35.5. The molecule has 138 valence electrons. The number of piperidine rings is 1. The predicted molar refractivity (Wildman–Crippen MR) is 96.5 cm³/mol. The molecule has 0 spiro atoms. The number of hydrogen-bond donors (Lipinski definition) is 1. The third kappa shape index (κ3) is 4.15. The van der Waals surface area contributed by atoms with E-state index in [0.29, 0.717) is 5.02 Å². The second-order valence-electron chi connectivity index (χ2n) is 6.35. The molecule has 25 heavy (non-hydrogen) atoms. The van der Waals surface area contributed by atoms with Crippen LogP contribution in [0.2, 0.25) is 5.02 Å². The van der Waals surface area contributed by atoms with Gasteiger partial charge in [-0.15, -0.1) is 0 Å². The van der Waals surface area contributed by atoms with Crippen LogP contribution in [0.5, 0.6) is 0 Å². The first-order valence-electron chi connectivity index (χ1n) is 8.76. The Hall–Kier alpha value is -1.59. The van der Waals surface area contributed by atoms with Gasteiger partial charge in [-0.3, -0.25) is 9.59 Å². The van der Waals surface area contributed by atoms with Crippen LogP contribution in [-0.4, -0.2) is 37.2 Å². The first kappa shape index (κ1) is 19.7. The Morgan fingerprint density at radius 1 is 1.00 bits per heavy atom. The summed E-state index contributed by atoms with van der Waals surface area (Å²) in [6, 6.07) is 7.04. The molecule has 0 bridgehead atoms. The molecule has 0 aromatic heterocycles. The zero-order valence-electron chi connectivity index (χ0n) is 15.1. The molecule has 0 amide bonds. The van der Waals surface area contributed by atoms with Crippen LogP contribution in [0.1, 0.15) is 39.2 Å². The minimum atomic E-state index is -0.523. The van der Waals surface area contributed by atoms with Gasteiger partial charge in [-0.25, -0.2) is 0 Å². The predicted octanol–water partition coefficient (Wildman–Crippen LogP) is 3.16. The molecule has 0 radical (unpaired) electrons. The monoisotopic (exact) mass is 367 g/mol. The molecule has 5 nitrogen and oxygen atoms in total. The van der Waals surface area contributed by atoms with Gasteiger partial charge in [-0.05, 0) is 39.3 Å². The van der Waals surface area contributed by atoms with Gasteiger partial charge in [0.15, 0.2) is 0 Å². The molecule has 1 aliphatic heterocycles. The molecule has 1 N–H and O–H groups in total. The molecule has 1 aromatic rings. The van der Waals surface area contributed by atoms with Crippen molar-refractivity contribution in [1.82, 2.24) is 5.32 Å². The molecule has 1 unspecified atom stereocenters. The highest BCUT2D eigenvalue weighted by Gasteiger charge is 2.50. The van der Waals surface area contributed by atoms with E-state index in [1.807, 2.05) is 32.0 Å².